The van der Waals surface area contributed by atoms with Crippen molar-refractivity contribution in [1.29, 1.82) is 0 Å². The summed E-state index contributed by atoms with van der Waals surface area (Å²) < 4.78 is 12.0. The number of ether oxygens (including phenoxy) is 2. The maximum atomic E-state index is 6.13. The van der Waals surface area contributed by atoms with Gasteiger partial charge in [0.05, 0.1) is 11.3 Å². The molecule has 1 saturated carbocycles. The molecule has 22 heavy (non-hydrogen) atoms. The van der Waals surface area contributed by atoms with Gasteiger partial charge in [-0.3, -0.25) is 9.88 Å². The molecular formula is C18H26N2O2. The summed E-state index contributed by atoms with van der Waals surface area (Å²) in [5, 5.41) is 0. The molecule has 1 atom stereocenters. The van der Waals surface area contributed by atoms with Crippen LogP contribution in [0.1, 0.15) is 31.4 Å². The van der Waals surface area contributed by atoms with Gasteiger partial charge in [0.15, 0.2) is 0 Å². The molecule has 0 radical (unpaired) electrons. The Bertz CT molecular complexity index is 483. The zero-order chi connectivity index (χ0) is 14.8. The van der Waals surface area contributed by atoms with Crippen LogP contribution in [-0.2, 0) is 16.0 Å². The fourth-order valence-electron chi connectivity index (χ4n) is 3.85. The molecule has 1 aliphatic carbocycles. The van der Waals surface area contributed by atoms with Crippen LogP contribution >= 0.6 is 0 Å². The average Bonchev–Trinajstić information content (AvgIpc) is 3.24. The molecule has 2 aliphatic heterocycles. The highest BCUT2D eigenvalue weighted by molar-refractivity contribution is 5.09. The molecule has 3 aliphatic rings. The summed E-state index contributed by atoms with van der Waals surface area (Å²) in [4.78, 5) is 6.87. The molecule has 4 heteroatoms. The van der Waals surface area contributed by atoms with Gasteiger partial charge in [0.25, 0.3) is 0 Å². The van der Waals surface area contributed by atoms with Crippen LogP contribution in [0.2, 0.25) is 0 Å². The van der Waals surface area contributed by atoms with Crippen LogP contribution in [0.4, 0.5) is 0 Å². The van der Waals surface area contributed by atoms with E-state index in [1.807, 2.05) is 12.3 Å². The summed E-state index contributed by atoms with van der Waals surface area (Å²) in [6, 6.07) is 6.13. The summed E-state index contributed by atoms with van der Waals surface area (Å²) >= 11 is 0. The van der Waals surface area contributed by atoms with Gasteiger partial charge in [0, 0.05) is 45.7 Å². The van der Waals surface area contributed by atoms with Crippen LogP contribution in [-0.4, -0.2) is 48.4 Å². The van der Waals surface area contributed by atoms with Gasteiger partial charge in [-0.15, -0.1) is 0 Å². The molecule has 0 aromatic carbocycles. The molecule has 4 nitrogen and oxygen atoms in total. The first-order valence-corrected chi connectivity index (χ1v) is 8.68. The van der Waals surface area contributed by atoms with E-state index in [1.165, 1.54) is 19.3 Å². The largest absolute Gasteiger partial charge is 0.381 e. The predicted octanol–water partition coefficient (Wildman–Crippen LogP) is 2.49. The second-order valence-corrected chi connectivity index (χ2v) is 7.17. The van der Waals surface area contributed by atoms with Crippen molar-refractivity contribution in [1.82, 2.24) is 9.88 Å². The van der Waals surface area contributed by atoms with Gasteiger partial charge < -0.3 is 9.47 Å². The van der Waals surface area contributed by atoms with Crippen LogP contribution in [0.5, 0.6) is 0 Å². The van der Waals surface area contributed by atoms with Crippen LogP contribution in [0.25, 0.3) is 0 Å². The quantitative estimate of drug-likeness (QED) is 0.725. The summed E-state index contributed by atoms with van der Waals surface area (Å²) in [6.45, 7) is 5.86. The molecule has 0 amide bonds. The van der Waals surface area contributed by atoms with E-state index in [2.05, 4.69) is 22.0 Å². The van der Waals surface area contributed by atoms with Crippen molar-refractivity contribution in [3.63, 3.8) is 0 Å². The highest BCUT2D eigenvalue weighted by Crippen LogP contribution is 2.42. The third-order valence-electron chi connectivity index (χ3n) is 5.36. The maximum Gasteiger partial charge on any atom is 0.0964 e. The Labute approximate surface area is 132 Å². The summed E-state index contributed by atoms with van der Waals surface area (Å²) in [6.07, 6.45) is 6.98. The molecule has 2 saturated heterocycles. The lowest BCUT2D eigenvalue weighted by molar-refractivity contribution is -0.139. The molecule has 3 heterocycles. The van der Waals surface area contributed by atoms with Gasteiger partial charge in [-0.1, -0.05) is 6.07 Å². The van der Waals surface area contributed by atoms with Crippen molar-refractivity contribution < 1.29 is 9.47 Å². The smallest absolute Gasteiger partial charge is 0.0964 e. The number of likely N-dealkylation sites (tertiary alicyclic amines) is 1. The maximum absolute atomic E-state index is 6.13. The van der Waals surface area contributed by atoms with Crippen LogP contribution in [0, 0.1) is 11.8 Å². The number of rotatable bonds is 7. The van der Waals surface area contributed by atoms with E-state index in [9.17, 15) is 0 Å². The molecule has 0 unspecified atom stereocenters. The lowest BCUT2D eigenvalue weighted by atomic mass is 9.79. The summed E-state index contributed by atoms with van der Waals surface area (Å²) in [7, 11) is 0. The Hall–Kier alpha value is -0.970. The Morgan fingerprint density at radius 2 is 2.18 bits per heavy atom. The molecule has 1 spiro atoms. The van der Waals surface area contributed by atoms with Gasteiger partial charge in [-0.05, 0) is 49.7 Å². The Morgan fingerprint density at radius 1 is 1.27 bits per heavy atom. The Morgan fingerprint density at radius 3 is 2.95 bits per heavy atom. The van der Waals surface area contributed by atoms with Gasteiger partial charge in [-0.25, -0.2) is 0 Å². The minimum Gasteiger partial charge on any atom is -0.381 e. The summed E-state index contributed by atoms with van der Waals surface area (Å²) in [5.74, 6) is 1.54. The predicted molar refractivity (Wildman–Crippen MR) is 84.5 cm³/mol. The topological polar surface area (TPSA) is 34.6 Å². The Balaban J connectivity index is 1.23. The second-order valence-electron chi connectivity index (χ2n) is 7.17. The number of pyridine rings is 1. The van der Waals surface area contributed by atoms with Crippen LogP contribution in [0.3, 0.4) is 0 Å². The second kappa shape index (κ2) is 6.26. The molecule has 0 N–H and O–H groups in total. The average molecular weight is 302 g/mol. The number of hydrogen-bond acceptors (Lipinski definition) is 4. The summed E-state index contributed by atoms with van der Waals surface area (Å²) in [5.41, 5.74) is 1.26. The molecule has 4 rings (SSSR count). The lowest BCUT2D eigenvalue weighted by Gasteiger charge is -2.50. The first-order chi connectivity index (χ1) is 10.8. The van der Waals surface area contributed by atoms with E-state index >= 15 is 0 Å². The molecule has 1 aromatic rings. The third-order valence-corrected chi connectivity index (χ3v) is 5.36. The highest BCUT2D eigenvalue weighted by Gasteiger charge is 2.52. The van der Waals surface area contributed by atoms with Crippen molar-refractivity contribution in [2.45, 2.75) is 37.8 Å². The third kappa shape index (κ3) is 3.19. The monoisotopic (exact) mass is 302 g/mol. The Kier molecular flexibility index (Phi) is 4.16. The zero-order valence-corrected chi connectivity index (χ0v) is 13.2. The van der Waals surface area contributed by atoms with E-state index in [0.717, 1.165) is 57.5 Å². The van der Waals surface area contributed by atoms with E-state index in [1.54, 1.807) is 0 Å². The van der Waals surface area contributed by atoms with Gasteiger partial charge in [0.1, 0.15) is 0 Å². The number of aromatic nitrogens is 1. The lowest BCUT2D eigenvalue weighted by Crippen LogP contribution is -2.64. The van der Waals surface area contributed by atoms with Crippen LogP contribution in [0.15, 0.2) is 24.4 Å². The minimum absolute atomic E-state index is 0.109. The normalized spacial score (nSPS) is 27.2. The van der Waals surface area contributed by atoms with E-state index < -0.39 is 0 Å². The SMILES string of the molecule is c1ccc(CN2CC3(C2)OCC[C@H]3CCOCC2CC2)nc1. The van der Waals surface area contributed by atoms with Crippen molar-refractivity contribution in [3.8, 4) is 0 Å². The molecule has 1 aromatic heterocycles. The van der Waals surface area contributed by atoms with Gasteiger partial charge in [-0.2, -0.15) is 0 Å². The van der Waals surface area contributed by atoms with Crippen molar-refractivity contribution in [2.24, 2.45) is 11.8 Å². The molecular weight excluding hydrogens is 276 g/mol. The minimum atomic E-state index is 0.109. The fraction of sp³-hybridized carbons (Fsp3) is 0.722. The molecule has 120 valence electrons. The highest BCUT2D eigenvalue weighted by atomic mass is 16.5. The van der Waals surface area contributed by atoms with E-state index in [4.69, 9.17) is 9.47 Å². The fourth-order valence-corrected chi connectivity index (χ4v) is 3.85. The van der Waals surface area contributed by atoms with Gasteiger partial charge >= 0.3 is 0 Å². The van der Waals surface area contributed by atoms with Crippen LogP contribution < -0.4 is 0 Å². The molecule has 3 fully saturated rings. The van der Waals surface area contributed by atoms with Crippen molar-refractivity contribution >= 4 is 0 Å². The zero-order valence-electron chi connectivity index (χ0n) is 13.2. The first-order valence-electron chi connectivity index (χ1n) is 8.68. The standard InChI is InChI=1S/C18H26N2O2/c1-2-8-19-17(3-1)11-20-13-18(14-20)16(7-10-22-18)6-9-21-12-15-4-5-15/h1-3,8,15-16H,4-7,9-14H2/t16-/m1/s1. The number of hydrogen-bond donors (Lipinski definition) is 0. The number of nitrogens with zero attached hydrogens (tertiary/aromatic N) is 2. The van der Waals surface area contributed by atoms with E-state index in [0.29, 0.717) is 5.92 Å². The van der Waals surface area contributed by atoms with E-state index in [-0.39, 0.29) is 5.60 Å². The molecule has 0 bridgehead atoms. The van der Waals surface area contributed by atoms with Gasteiger partial charge in [0.2, 0.25) is 0 Å². The first kappa shape index (κ1) is 14.6. The van der Waals surface area contributed by atoms with Crippen molar-refractivity contribution in [3.05, 3.63) is 30.1 Å². The van der Waals surface area contributed by atoms with Crippen molar-refractivity contribution in [2.75, 3.05) is 32.9 Å².